The molecule has 0 radical (unpaired) electrons. The van der Waals surface area contributed by atoms with Crippen LogP contribution < -0.4 is 0 Å². The molecule has 1 atom stereocenters. The van der Waals surface area contributed by atoms with Gasteiger partial charge in [0.05, 0.1) is 6.61 Å². The highest BCUT2D eigenvalue weighted by molar-refractivity contribution is 5.07. The largest absolute Gasteiger partial charge is 0.377 e. The van der Waals surface area contributed by atoms with E-state index >= 15 is 0 Å². The molecule has 180 valence electrons. The average Bonchev–Trinajstić information content (AvgIpc) is 2.67. The fraction of sp³-hybridized carbons (Fsp3) is 0.733. The summed E-state index contributed by atoms with van der Waals surface area (Å²) in [5, 5.41) is 0. The Labute approximate surface area is 196 Å². The van der Waals surface area contributed by atoms with Crippen LogP contribution in [0.3, 0.4) is 0 Å². The topological polar surface area (TPSA) is 9.23 Å². The van der Waals surface area contributed by atoms with Gasteiger partial charge in [-0.05, 0) is 91.4 Å². The van der Waals surface area contributed by atoms with E-state index in [2.05, 4.69) is 79.7 Å². The molecule has 0 aromatic heterocycles. The van der Waals surface area contributed by atoms with Gasteiger partial charge in [-0.15, -0.1) is 0 Å². The van der Waals surface area contributed by atoms with Gasteiger partial charge in [0.1, 0.15) is 0 Å². The smallest absolute Gasteiger partial charge is 0.0649 e. The molecule has 0 aliphatic carbocycles. The molecule has 0 spiro atoms. The highest BCUT2D eigenvalue weighted by atomic mass is 16.5. The molecule has 0 fully saturated rings. The zero-order chi connectivity index (χ0) is 23.5. The molecule has 31 heavy (non-hydrogen) atoms. The second kappa shape index (κ2) is 19.6. The summed E-state index contributed by atoms with van der Waals surface area (Å²) in [6.07, 6.45) is 21.7. The van der Waals surface area contributed by atoms with Crippen molar-refractivity contribution in [3.63, 3.8) is 0 Å². The Morgan fingerprint density at radius 1 is 0.645 bits per heavy atom. The maximum Gasteiger partial charge on any atom is 0.0649 e. The summed E-state index contributed by atoms with van der Waals surface area (Å²) in [5.41, 5.74) is 5.91. The minimum absolute atomic E-state index is 0.768. The first-order valence-electron chi connectivity index (χ1n) is 12.9. The van der Waals surface area contributed by atoms with Crippen LogP contribution in [0.15, 0.2) is 46.6 Å². The normalized spacial score (nSPS) is 14.3. The average molecular weight is 431 g/mol. The lowest BCUT2D eigenvalue weighted by molar-refractivity contribution is 0.145. The highest BCUT2D eigenvalue weighted by Crippen LogP contribution is 2.16. The second-order valence-electron chi connectivity index (χ2n) is 10.3. The van der Waals surface area contributed by atoms with Gasteiger partial charge in [0, 0.05) is 6.61 Å². The summed E-state index contributed by atoms with van der Waals surface area (Å²) in [7, 11) is 0. The Morgan fingerprint density at radius 2 is 1.16 bits per heavy atom. The van der Waals surface area contributed by atoms with Gasteiger partial charge in [0.25, 0.3) is 0 Å². The third-order valence-electron chi connectivity index (χ3n) is 5.94. The Hall–Kier alpha value is -1.08. The fourth-order valence-corrected chi connectivity index (χ4v) is 3.58. The summed E-state index contributed by atoms with van der Waals surface area (Å²) in [6, 6.07) is 0. The summed E-state index contributed by atoms with van der Waals surface area (Å²) in [5.74, 6) is 1.62. The Bertz CT molecular complexity index is 555. The van der Waals surface area contributed by atoms with E-state index in [1.807, 2.05) is 0 Å². The first-order chi connectivity index (χ1) is 14.7. The van der Waals surface area contributed by atoms with E-state index in [4.69, 9.17) is 4.74 Å². The Morgan fingerprint density at radius 3 is 1.68 bits per heavy atom. The summed E-state index contributed by atoms with van der Waals surface area (Å²) >= 11 is 0. The molecule has 0 aliphatic rings. The van der Waals surface area contributed by atoms with Crippen molar-refractivity contribution in [2.75, 3.05) is 13.2 Å². The predicted molar refractivity (Wildman–Crippen MR) is 142 cm³/mol. The SMILES string of the molecule is CC(C)=CCC/C(C)=C/CC/C(C)=C/CC/C(C)=C/COCC[C@H](C)CCCC(C)C. The third-order valence-corrected chi connectivity index (χ3v) is 5.94. The van der Waals surface area contributed by atoms with E-state index in [-0.39, 0.29) is 0 Å². The van der Waals surface area contributed by atoms with Crippen molar-refractivity contribution in [1.29, 1.82) is 0 Å². The van der Waals surface area contributed by atoms with E-state index in [0.29, 0.717) is 0 Å². The lowest BCUT2D eigenvalue weighted by Crippen LogP contribution is -2.03. The van der Waals surface area contributed by atoms with E-state index in [1.54, 1.807) is 0 Å². The summed E-state index contributed by atoms with van der Waals surface area (Å²) in [6.45, 7) is 19.8. The number of allylic oxidation sites excluding steroid dienone is 7. The third kappa shape index (κ3) is 21.9. The molecular formula is C30H54O. The first kappa shape index (κ1) is 29.9. The van der Waals surface area contributed by atoms with Crippen LogP contribution in [-0.2, 0) is 4.74 Å². The second-order valence-corrected chi connectivity index (χ2v) is 10.3. The number of ether oxygens (including phenoxy) is 1. The highest BCUT2D eigenvalue weighted by Gasteiger charge is 2.03. The van der Waals surface area contributed by atoms with Crippen LogP contribution in [0.1, 0.15) is 120 Å². The molecule has 1 nitrogen and oxygen atoms in total. The molecule has 0 bridgehead atoms. The molecule has 0 aliphatic heterocycles. The van der Waals surface area contributed by atoms with Gasteiger partial charge in [-0.3, -0.25) is 0 Å². The van der Waals surface area contributed by atoms with Crippen molar-refractivity contribution in [1.82, 2.24) is 0 Å². The molecule has 0 unspecified atom stereocenters. The number of rotatable bonds is 18. The molecule has 0 rings (SSSR count). The molecule has 0 N–H and O–H groups in total. The van der Waals surface area contributed by atoms with Gasteiger partial charge in [-0.25, -0.2) is 0 Å². The number of hydrogen-bond acceptors (Lipinski definition) is 1. The van der Waals surface area contributed by atoms with Crippen LogP contribution in [0.4, 0.5) is 0 Å². The standard InChI is InChI=1S/C30H54O/c1-25(2)13-9-15-27(5)17-11-18-28(6)19-12-20-30(8)22-24-31-23-21-29(7)16-10-14-26(3)4/h13,17,19,22,26,29H,9-12,14-16,18,20-21,23-24H2,1-8H3/b27-17+,28-19+,30-22+/t29-/m1/s1. The molecule has 0 saturated carbocycles. The molecular weight excluding hydrogens is 376 g/mol. The van der Waals surface area contributed by atoms with Crippen LogP contribution in [-0.4, -0.2) is 13.2 Å². The zero-order valence-electron chi connectivity index (χ0n) is 22.4. The van der Waals surface area contributed by atoms with E-state index in [9.17, 15) is 0 Å². The van der Waals surface area contributed by atoms with Crippen molar-refractivity contribution in [3.8, 4) is 0 Å². The Kier molecular flexibility index (Phi) is 18.9. The molecule has 0 heterocycles. The van der Waals surface area contributed by atoms with Crippen LogP contribution in [0.25, 0.3) is 0 Å². The van der Waals surface area contributed by atoms with Gasteiger partial charge in [0.2, 0.25) is 0 Å². The molecule has 0 aromatic carbocycles. The van der Waals surface area contributed by atoms with E-state index < -0.39 is 0 Å². The van der Waals surface area contributed by atoms with Crippen molar-refractivity contribution in [3.05, 3.63) is 46.6 Å². The van der Waals surface area contributed by atoms with Gasteiger partial charge >= 0.3 is 0 Å². The van der Waals surface area contributed by atoms with Crippen molar-refractivity contribution in [2.24, 2.45) is 11.8 Å². The fourth-order valence-electron chi connectivity index (χ4n) is 3.58. The van der Waals surface area contributed by atoms with Gasteiger partial charge in [0.15, 0.2) is 0 Å². The van der Waals surface area contributed by atoms with Gasteiger partial charge in [-0.2, -0.15) is 0 Å². The molecule has 1 heteroatoms. The quantitative estimate of drug-likeness (QED) is 0.155. The van der Waals surface area contributed by atoms with Gasteiger partial charge < -0.3 is 4.74 Å². The van der Waals surface area contributed by atoms with Crippen molar-refractivity contribution >= 4 is 0 Å². The van der Waals surface area contributed by atoms with Crippen LogP contribution in [0, 0.1) is 11.8 Å². The minimum atomic E-state index is 0.768. The van der Waals surface area contributed by atoms with Crippen LogP contribution in [0.5, 0.6) is 0 Å². The van der Waals surface area contributed by atoms with E-state index in [0.717, 1.165) is 37.9 Å². The van der Waals surface area contributed by atoms with Crippen molar-refractivity contribution < 1.29 is 4.74 Å². The zero-order valence-corrected chi connectivity index (χ0v) is 22.4. The maximum atomic E-state index is 5.84. The van der Waals surface area contributed by atoms with Gasteiger partial charge in [-0.1, -0.05) is 86.6 Å². The summed E-state index contributed by atoms with van der Waals surface area (Å²) < 4.78 is 5.84. The molecule has 0 amide bonds. The van der Waals surface area contributed by atoms with E-state index in [1.165, 1.54) is 73.7 Å². The minimum Gasteiger partial charge on any atom is -0.377 e. The molecule has 0 aromatic rings. The first-order valence-corrected chi connectivity index (χ1v) is 12.9. The van der Waals surface area contributed by atoms with Crippen LogP contribution >= 0.6 is 0 Å². The maximum absolute atomic E-state index is 5.84. The van der Waals surface area contributed by atoms with Crippen molar-refractivity contribution in [2.45, 2.75) is 120 Å². The molecule has 0 saturated heterocycles. The number of hydrogen-bond donors (Lipinski definition) is 0. The predicted octanol–water partition coefficient (Wildman–Crippen LogP) is 10.0. The Balaban J connectivity index is 3.87. The lowest BCUT2D eigenvalue weighted by atomic mass is 9.98. The van der Waals surface area contributed by atoms with Crippen LogP contribution in [0.2, 0.25) is 0 Å². The summed E-state index contributed by atoms with van der Waals surface area (Å²) in [4.78, 5) is 0. The lowest BCUT2D eigenvalue weighted by Gasteiger charge is -2.12. The monoisotopic (exact) mass is 430 g/mol.